The zero-order valence-corrected chi connectivity index (χ0v) is 18.0. The largest absolute Gasteiger partial charge is 0.493 e. The van der Waals surface area contributed by atoms with Gasteiger partial charge in [0.15, 0.2) is 11.5 Å². The number of carbonyl (C=O) groups is 2. The lowest BCUT2D eigenvalue weighted by Gasteiger charge is -2.13. The first-order chi connectivity index (χ1) is 13.9. The molecule has 3 rings (SSSR count). The second kappa shape index (κ2) is 9.32. The summed E-state index contributed by atoms with van der Waals surface area (Å²) >= 11 is 4.29. The Kier molecular flexibility index (Phi) is 6.81. The predicted octanol–water partition coefficient (Wildman–Crippen LogP) is 4.72. The molecule has 152 valence electrons. The number of amides is 2. The summed E-state index contributed by atoms with van der Waals surface area (Å²) in [4.78, 5) is 26.3. The Morgan fingerprint density at radius 1 is 1.10 bits per heavy atom. The lowest BCUT2D eigenvalue weighted by molar-refractivity contribution is -0.123. The number of imide groups is 1. The Morgan fingerprint density at radius 3 is 2.41 bits per heavy atom. The van der Waals surface area contributed by atoms with Crippen molar-refractivity contribution in [1.82, 2.24) is 4.90 Å². The quantitative estimate of drug-likeness (QED) is 0.533. The van der Waals surface area contributed by atoms with E-state index in [1.54, 1.807) is 18.2 Å². The van der Waals surface area contributed by atoms with Crippen molar-refractivity contribution >= 4 is 44.9 Å². The lowest BCUT2D eigenvalue weighted by atomic mass is 10.2. The van der Waals surface area contributed by atoms with Crippen molar-refractivity contribution in [3.8, 4) is 17.2 Å². The van der Waals surface area contributed by atoms with Crippen LogP contribution in [0.4, 0.5) is 9.18 Å². The van der Waals surface area contributed by atoms with Crippen LogP contribution in [0.25, 0.3) is 6.08 Å². The molecule has 0 unspecified atom stereocenters. The van der Waals surface area contributed by atoms with E-state index in [0.29, 0.717) is 32.2 Å². The van der Waals surface area contributed by atoms with Crippen molar-refractivity contribution in [3.63, 3.8) is 0 Å². The molecule has 0 aromatic heterocycles. The predicted molar refractivity (Wildman–Crippen MR) is 112 cm³/mol. The minimum absolute atomic E-state index is 0.0898. The van der Waals surface area contributed by atoms with Gasteiger partial charge in [0.25, 0.3) is 11.1 Å². The van der Waals surface area contributed by atoms with E-state index in [0.717, 1.165) is 16.7 Å². The van der Waals surface area contributed by atoms with Gasteiger partial charge < -0.3 is 14.2 Å². The van der Waals surface area contributed by atoms with Gasteiger partial charge in [0.2, 0.25) is 0 Å². The van der Waals surface area contributed by atoms with Crippen molar-refractivity contribution in [2.75, 3.05) is 27.4 Å². The van der Waals surface area contributed by atoms with Gasteiger partial charge in [-0.2, -0.15) is 0 Å². The maximum atomic E-state index is 12.9. The first-order valence-corrected chi connectivity index (χ1v) is 10.1. The van der Waals surface area contributed by atoms with Crippen LogP contribution in [0.15, 0.2) is 45.8 Å². The Morgan fingerprint density at radius 2 is 1.76 bits per heavy atom. The highest BCUT2D eigenvalue weighted by molar-refractivity contribution is 9.10. The van der Waals surface area contributed by atoms with Crippen molar-refractivity contribution in [3.05, 3.63) is 57.2 Å². The molecule has 0 atom stereocenters. The van der Waals surface area contributed by atoms with E-state index in [2.05, 4.69) is 15.9 Å². The van der Waals surface area contributed by atoms with Gasteiger partial charge in [0.05, 0.1) is 25.7 Å². The SMILES string of the molecule is COc1cc(Br)c(/C=C2\SC(=O)N(CCOc3ccc(F)cc3)C2=O)cc1OC. The Labute approximate surface area is 179 Å². The third-order valence-electron chi connectivity index (χ3n) is 4.06. The molecule has 0 spiro atoms. The number of methoxy groups -OCH3 is 2. The molecule has 1 heterocycles. The van der Waals surface area contributed by atoms with Gasteiger partial charge in [-0.15, -0.1) is 0 Å². The van der Waals surface area contributed by atoms with Crippen molar-refractivity contribution in [1.29, 1.82) is 0 Å². The number of hydrogen-bond acceptors (Lipinski definition) is 6. The fourth-order valence-corrected chi connectivity index (χ4v) is 3.89. The molecule has 0 aliphatic carbocycles. The number of halogens is 2. The van der Waals surface area contributed by atoms with Gasteiger partial charge in [0.1, 0.15) is 18.2 Å². The van der Waals surface area contributed by atoms with Crippen molar-refractivity contribution < 1.29 is 28.2 Å². The minimum atomic E-state index is -0.399. The van der Waals surface area contributed by atoms with Gasteiger partial charge in [0, 0.05) is 4.47 Å². The molecule has 6 nitrogen and oxygen atoms in total. The fourth-order valence-electron chi connectivity index (χ4n) is 2.60. The zero-order valence-electron chi connectivity index (χ0n) is 15.6. The summed E-state index contributed by atoms with van der Waals surface area (Å²) in [6.45, 7) is 0.198. The van der Waals surface area contributed by atoms with Gasteiger partial charge in [-0.1, -0.05) is 15.9 Å². The summed E-state index contributed by atoms with van der Waals surface area (Å²) in [5.74, 6) is 0.749. The Bertz CT molecular complexity index is 964. The molecule has 0 radical (unpaired) electrons. The van der Waals surface area contributed by atoms with Crippen molar-refractivity contribution in [2.45, 2.75) is 0 Å². The maximum absolute atomic E-state index is 12.9. The zero-order chi connectivity index (χ0) is 21.0. The number of ether oxygens (including phenoxy) is 3. The topological polar surface area (TPSA) is 65.1 Å². The Balaban J connectivity index is 1.70. The van der Waals surface area contributed by atoms with Crippen molar-refractivity contribution in [2.24, 2.45) is 0 Å². The molecule has 0 bridgehead atoms. The average Bonchev–Trinajstić information content (AvgIpc) is 2.98. The van der Waals surface area contributed by atoms with Crippen LogP contribution in [0, 0.1) is 5.82 Å². The number of thioether (sulfide) groups is 1. The van der Waals surface area contributed by atoms with Crippen LogP contribution in [-0.2, 0) is 4.79 Å². The third kappa shape index (κ3) is 4.91. The summed E-state index contributed by atoms with van der Waals surface area (Å²) in [5, 5.41) is -0.374. The average molecular weight is 482 g/mol. The first kappa shape index (κ1) is 21.2. The lowest BCUT2D eigenvalue weighted by Crippen LogP contribution is -2.32. The summed E-state index contributed by atoms with van der Waals surface area (Å²) in [5.41, 5.74) is 0.677. The third-order valence-corrected chi connectivity index (χ3v) is 5.65. The molecule has 29 heavy (non-hydrogen) atoms. The van der Waals surface area contributed by atoms with Crippen LogP contribution < -0.4 is 14.2 Å². The molecule has 9 heteroatoms. The summed E-state index contributed by atoms with van der Waals surface area (Å²) in [7, 11) is 3.05. The molecule has 2 amide bonds. The van der Waals surface area contributed by atoms with Crippen LogP contribution in [0.5, 0.6) is 17.2 Å². The second-order valence-corrected chi connectivity index (χ2v) is 7.71. The molecular formula is C20H17BrFNO5S. The molecule has 0 saturated carbocycles. The van der Waals surface area contributed by atoms with Crippen LogP contribution in [0.3, 0.4) is 0 Å². The molecule has 0 N–H and O–H groups in total. The Hall–Kier alpha value is -2.52. The van der Waals surface area contributed by atoms with Crippen LogP contribution in [-0.4, -0.2) is 43.4 Å². The number of nitrogens with zero attached hydrogens (tertiary/aromatic N) is 1. The smallest absolute Gasteiger partial charge is 0.293 e. The van der Waals surface area contributed by atoms with Crippen LogP contribution >= 0.6 is 27.7 Å². The van der Waals surface area contributed by atoms with Gasteiger partial charge >= 0.3 is 0 Å². The van der Waals surface area contributed by atoms with Gasteiger partial charge in [-0.05, 0) is 59.8 Å². The fraction of sp³-hybridized carbons (Fsp3) is 0.200. The molecule has 1 aliphatic heterocycles. The standard InChI is InChI=1S/C20H17BrFNO5S/c1-26-16-9-12(15(21)11-17(16)27-2)10-18-19(24)23(20(25)29-18)7-8-28-14-5-3-13(22)4-6-14/h3-6,9-11H,7-8H2,1-2H3/b18-10-. The molecule has 1 aliphatic rings. The van der Waals surface area contributed by atoms with E-state index in [4.69, 9.17) is 14.2 Å². The molecule has 2 aromatic carbocycles. The highest BCUT2D eigenvalue weighted by Crippen LogP contribution is 2.37. The summed E-state index contributed by atoms with van der Waals surface area (Å²) in [6.07, 6.45) is 1.62. The summed E-state index contributed by atoms with van der Waals surface area (Å²) in [6, 6.07) is 8.97. The van der Waals surface area contributed by atoms with E-state index in [-0.39, 0.29) is 24.2 Å². The van der Waals surface area contributed by atoms with Crippen LogP contribution in [0.1, 0.15) is 5.56 Å². The second-order valence-electron chi connectivity index (χ2n) is 5.86. The highest BCUT2D eigenvalue weighted by Gasteiger charge is 2.35. The van der Waals surface area contributed by atoms with Gasteiger partial charge in [-0.3, -0.25) is 14.5 Å². The summed E-state index contributed by atoms with van der Waals surface area (Å²) < 4.78 is 29.6. The van der Waals surface area contributed by atoms with Gasteiger partial charge in [-0.25, -0.2) is 4.39 Å². The van der Waals surface area contributed by atoms with E-state index in [9.17, 15) is 14.0 Å². The number of rotatable bonds is 7. The monoisotopic (exact) mass is 481 g/mol. The van der Waals surface area contributed by atoms with E-state index in [1.165, 1.54) is 38.5 Å². The van der Waals surface area contributed by atoms with E-state index < -0.39 is 5.91 Å². The number of benzene rings is 2. The van der Waals surface area contributed by atoms with Crippen LogP contribution in [0.2, 0.25) is 0 Å². The number of carbonyl (C=O) groups excluding carboxylic acids is 2. The van der Waals surface area contributed by atoms with E-state index >= 15 is 0 Å². The molecule has 1 saturated heterocycles. The minimum Gasteiger partial charge on any atom is -0.493 e. The maximum Gasteiger partial charge on any atom is 0.293 e. The van der Waals surface area contributed by atoms with E-state index in [1.807, 2.05) is 0 Å². The molecule has 1 fully saturated rings. The molecular weight excluding hydrogens is 465 g/mol. The normalized spacial score (nSPS) is 15.2. The first-order valence-electron chi connectivity index (χ1n) is 8.48. The number of hydrogen-bond donors (Lipinski definition) is 0. The molecule has 2 aromatic rings. The highest BCUT2D eigenvalue weighted by atomic mass is 79.9.